The Morgan fingerprint density at radius 3 is 2.58 bits per heavy atom. The first kappa shape index (κ1) is 15.0. The van der Waals surface area contributed by atoms with E-state index in [1.54, 1.807) is 18.3 Å². The number of aliphatic hydroxyl groups is 1. The maximum atomic E-state index is 9.58. The Morgan fingerprint density at radius 2 is 2.05 bits per heavy atom. The van der Waals surface area contributed by atoms with E-state index in [0.29, 0.717) is 0 Å². The summed E-state index contributed by atoms with van der Waals surface area (Å²) in [5.74, 6) is 0. The first-order valence-electron chi connectivity index (χ1n) is 5.89. The molecule has 0 fully saturated rings. The number of rotatable bonds is 4. The Morgan fingerprint density at radius 1 is 1.32 bits per heavy atom. The number of benzene rings is 1. The van der Waals surface area contributed by atoms with Gasteiger partial charge in [0.15, 0.2) is 0 Å². The molecule has 0 aliphatic carbocycles. The minimum atomic E-state index is -0.441. The Kier molecular flexibility index (Phi) is 5.06. The average Bonchev–Trinajstić information content (AvgIpc) is 2.74. The van der Waals surface area contributed by atoms with Crippen molar-refractivity contribution >= 4 is 48.9 Å². The third-order valence-corrected chi connectivity index (χ3v) is 5.20. The summed E-state index contributed by atoms with van der Waals surface area (Å²) < 4.78 is 2.13. The lowest BCUT2D eigenvalue weighted by Crippen LogP contribution is -2.16. The molecule has 0 aliphatic rings. The number of halogens is 2. The van der Waals surface area contributed by atoms with Gasteiger partial charge in [-0.1, -0.05) is 6.07 Å². The zero-order valence-electron chi connectivity index (χ0n) is 10.7. The van der Waals surface area contributed by atoms with Crippen LogP contribution in [0.2, 0.25) is 0 Å². The number of hydrogen-bond acceptors (Lipinski definition) is 3. The summed E-state index contributed by atoms with van der Waals surface area (Å²) in [5.41, 5.74) is 2.04. The van der Waals surface area contributed by atoms with Crippen molar-refractivity contribution in [1.82, 2.24) is 0 Å². The number of hydrogen-bond donors (Lipinski definition) is 1. The second-order valence-electron chi connectivity index (χ2n) is 4.47. The van der Waals surface area contributed by atoms with Crippen molar-refractivity contribution < 1.29 is 5.11 Å². The number of nitrogens with zero attached hydrogens (tertiary/aromatic N) is 1. The smallest absolute Gasteiger partial charge is 0.0762 e. The summed E-state index contributed by atoms with van der Waals surface area (Å²) in [7, 11) is 2.07. The van der Waals surface area contributed by atoms with Gasteiger partial charge in [-0.3, -0.25) is 0 Å². The summed E-state index contributed by atoms with van der Waals surface area (Å²) in [4.78, 5) is 3.50. The fourth-order valence-electron chi connectivity index (χ4n) is 1.85. The highest BCUT2D eigenvalue weighted by molar-refractivity contribution is 9.10. The molecule has 0 unspecified atom stereocenters. The van der Waals surface area contributed by atoms with E-state index in [0.717, 1.165) is 26.7 Å². The van der Waals surface area contributed by atoms with Crippen molar-refractivity contribution in [1.29, 1.82) is 0 Å². The molecule has 0 amide bonds. The highest BCUT2D eigenvalue weighted by Gasteiger charge is 2.10. The second-order valence-corrected chi connectivity index (χ2v) is 7.24. The summed E-state index contributed by atoms with van der Waals surface area (Å²) in [6, 6.07) is 8.11. The summed E-state index contributed by atoms with van der Waals surface area (Å²) in [5, 5.41) is 11.7. The van der Waals surface area contributed by atoms with E-state index < -0.39 is 6.10 Å². The van der Waals surface area contributed by atoms with Gasteiger partial charge in [-0.05, 0) is 62.5 Å². The van der Waals surface area contributed by atoms with Crippen molar-refractivity contribution in [2.45, 2.75) is 19.6 Å². The predicted molar refractivity (Wildman–Crippen MR) is 88.9 cm³/mol. The van der Waals surface area contributed by atoms with Gasteiger partial charge in [-0.2, -0.15) is 0 Å². The lowest BCUT2D eigenvalue weighted by molar-refractivity contribution is 0.199. The van der Waals surface area contributed by atoms with Crippen LogP contribution in [-0.2, 0) is 6.54 Å². The fourth-order valence-corrected chi connectivity index (χ4v) is 4.05. The molecule has 1 heterocycles. The molecule has 2 aromatic rings. The lowest BCUT2D eigenvalue weighted by atomic mass is 10.1. The topological polar surface area (TPSA) is 23.5 Å². The Bertz CT molecular complexity index is 568. The van der Waals surface area contributed by atoms with Gasteiger partial charge in [0.2, 0.25) is 0 Å². The van der Waals surface area contributed by atoms with E-state index in [-0.39, 0.29) is 0 Å². The van der Waals surface area contributed by atoms with Crippen LogP contribution in [0.3, 0.4) is 0 Å². The lowest BCUT2D eigenvalue weighted by Gasteiger charge is -2.21. The predicted octanol–water partition coefficient (Wildman–Crippen LogP) is 4.96. The van der Waals surface area contributed by atoms with Gasteiger partial charge < -0.3 is 10.0 Å². The molecule has 1 aromatic heterocycles. The highest BCUT2D eigenvalue weighted by atomic mass is 79.9. The molecular weight excluding hydrogens is 390 g/mol. The SMILES string of the molecule is C[C@@H](O)c1ccc(N(C)Cc2cc(Br)cs2)c(Br)c1. The van der Waals surface area contributed by atoms with Crippen molar-refractivity contribution in [3.63, 3.8) is 0 Å². The minimum Gasteiger partial charge on any atom is -0.389 e. The average molecular weight is 405 g/mol. The molecule has 2 nitrogen and oxygen atoms in total. The Balaban J connectivity index is 2.17. The molecule has 0 radical (unpaired) electrons. The molecule has 0 aliphatic heterocycles. The monoisotopic (exact) mass is 403 g/mol. The van der Waals surface area contributed by atoms with Gasteiger partial charge in [-0.25, -0.2) is 0 Å². The van der Waals surface area contributed by atoms with E-state index in [1.807, 2.05) is 18.2 Å². The van der Waals surface area contributed by atoms with Gasteiger partial charge >= 0.3 is 0 Å². The van der Waals surface area contributed by atoms with Crippen molar-refractivity contribution in [2.24, 2.45) is 0 Å². The van der Waals surface area contributed by atoms with Crippen LogP contribution >= 0.6 is 43.2 Å². The molecule has 0 bridgehead atoms. The molecule has 1 atom stereocenters. The van der Waals surface area contributed by atoms with Gasteiger partial charge in [0, 0.05) is 26.3 Å². The van der Waals surface area contributed by atoms with Gasteiger partial charge in [-0.15, -0.1) is 11.3 Å². The largest absolute Gasteiger partial charge is 0.389 e. The molecule has 2 rings (SSSR count). The van der Waals surface area contributed by atoms with Crippen molar-refractivity contribution in [3.05, 3.63) is 49.0 Å². The number of aliphatic hydroxyl groups excluding tert-OH is 1. The highest BCUT2D eigenvalue weighted by Crippen LogP contribution is 2.30. The maximum absolute atomic E-state index is 9.58. The zero-order chi connectivity index (χ0) is 14.0. The third-order valence-electron chi connectivity index (χ3n) is 2.88. The van der Waals surface area contributed by atoms with Crippen LogP contribution in [0.4, 0.5) is 5.69 Å². The van der Waals surface area contributed by atoms with Gasteiger partial charge in [0.05, 0.1) is 18.3 Å². The molecule has 0 saturated heterocycles. The van der Waals surface area contributed by atoms with Gasteiger partial charge in [0.25, 0.3) is 0 Å². The molecule has 19 heavy (non-hydrogen) atoms. The van der Waals surface area contributed by atoms with E-state index in [4.69, 9.17) is 0 Å². The van der Waals surface area contributed by atoms with Crippen LogP contribution in [0, 0.1) is 0 Å². The second kappa shape index (κ2) is 6.39. The summed E-state index contributed by atoms with van der Waals surface area (Å²) in [6.45, 7) is 2.64. The van der Waals surface area contributed by atoms with E-state index >= 15 is 0 Å². The molecule has 1 aromatic carbocycles. The normalized spacial score (nSPS) is 12.5. The molecule has 5 heteroatoms. The Labute approximate surface area is 134 Å². The Hall–Kier alpha value is -0.360. The third kappa shape index (κ3) is 3.81. The van der Waals surface area contributed by atoms with Crippen molar-refractivity contribution in [2.75, 3.05) is 11.9 Å². The number of thiophene rings is 1. The van der Waals surface area contributed by atoms with E-state index in [2.05, 4.69) is 55.3 Å². The summed E-state index contributed by atoms with van der Waals surface area (Å²) >= 11 is 8.79. The van der Waals surface area contributed by atoms with Crippen LogP contribution in [0.15, 0.2) is 38.6 Å². The number of anilines is 1. The molecule has 102 valence electrons. The van der Waals surface area contributed by atoms with E-state index in [1.165, 1.54) is 4.88 Å². The fraction of sp³-hybridized carbons (Fsp3) is 0.286. The van der Waals surface area contributed by atoms with Crippen LogP contribution in [0.5, 0.6) is 0 Å². The van der Waals surface area contributed by atoms with Crippen molar-refractivity contribution in [3.8, 4) is 0 Å². The molecular formula is C14H15Br2NOS. The first-order chi connectivity index (χ1) is 8.97. The van der Waals surface area contributed by atoms with Crippen LogP contribution < -0.4 is 4.90 Å². The van der Waals surface area contributed by atoms with Crippen LogP contribution in [0.25, 0.3) is 0 Å². The van der Waals surface area contributed by atoms with Crippen LogP contribution in [-0.4, -0.2) is 12.2 Å². The van der Waals surface area contributed by atoms with Gasteiger partial charge in [0.1, 0.15) is 0 Å². The molecule has 0 saturated carbocycles. The minimum absolute atomic E-state index is 0.441. The standard InChI is InChI=1S/C14H15Br2NOS/c1-9(18)10-3-4-14(13(16)5-10)17(2)7-12-6-11(15)8-19-12/h3-6,8-9,18H,7H2,1-2H3/t9-/m1/s1. The first-order valence-corrected chi connectivity index (χ1v) is 8.35. The van der Waals surface area contributed by atoms with Crippen LogP contribution in [0.1, 0.15) is 23.5 Å². The molecule has 0 spiro atoms. The van der Waals surface area contributed by atoms with E-state index in [9.17, 15) is 5.11 Å². The molecule has 1 N–H and O–H groups in total. The summed E-state index contributed by atoms with van der Waals surface area (Å²) in [6.07, 6.45) is -0.441. The zero-order valence-corrected chi connectivity index (χ0v) is 14.7. The maximum Gasteiger partial charge on any atom is 0.0762 e. The quantitative estimate of drug-likeness (QED) is 0.777.